The molecule has 2 rings (SSSR count). The molecule has 94 valence electrons. The number of rotatable bonds is 3. The highest BCUT2D eigenvalue weighted by Gasteiger charge is 2.25. The molecule has 2 heterocycles. The number of piperidine rings is 1. The molecule has 0 aliphatic carbocycles. The molecule has 17 heavy (non-hydrogen) atoms. The van der Waals surface area contributed by atoms with Gasteiger partial charge in [-0.2, -0.15) is 0 Å². The molecule has 1 aromatic rings. The van der Waals surface area contributed by atoms with Crippen LogP contribution in [0.2, 0.25) is 5.15 Å². The van der Waals surface area contributed by atoms with Gasteiger partial charge >= 0.3 is 0 Å². The van der Waals surface area contributed by atoms with E-state index in [1.54, 1.807) is 0 Å². The summed E-state index contributed by atoms with van der Waals surface area (Å²) in [7, 11) is 0. The van der Waals surface area contributed by atoms with Gasteiger partial charge in [0.1, 0.15) is 5.15 Å². The number of likely N-dealkylation sites (tertiary alicyclic amines) is 1. The van der Waals surface area contributed by atoms with Crippen molar-refractivity contribution in [3.05, 3.63) is 29.0 Å². The lowest BCUT2D eigenvalue weighted by molar-refractivity contribution is 0.115. The Labute approximate surface area is 108 Å². The summed E-state index contributed by atoms with van der Waals surface area (Å²) in [5.41, 5.74) is 7.07. The number of aromatic nitrogens is 1. The minimum absolute atomic E-state index is 0.509. The second kappa shape index (κ2) is 5.80. The van der Waals surface area contributed by atoms with Crippen molar-refractivity contribution in [1.29, 1.82) is 0 Å². The summed E-state index contributed by atoms with van der Waals surface area (Å²) in [4.78, 5) is 6.58. The number of nitrogens with zero attached hydrogens (tertiary/aromatic N) is 2. The highest BCUT2D eigenvalue weighted by Crippen LogP contribution is 2.23. The van der Waals surface area contributed by atoms with E-state index in [4.69, 9.17) is 17.3 Å². The van der Waals surface area contributed by atoms with E-state index in [1.807, 2.05) is 18.3 Å². The Morgan fingerprint density at radius 3 is 3.00 bits per heavy atom. The van der Waals surface area contributed by atoms with Gasteiger partial charge in [-0.1, -0.05) is 24.6 Å². The van der Waals surface area contributed by atoms with E-state index >= 15 is 0 Å². The molecule has 1 aromatic heterocycles. The van der Waals surface area contributed by atoms with Gasteiger partial charge in [0.15, 0.2) is 0 Å². The van der Waals surface area contributed by atoms with Crippen molar-refractivity contribution in [2.75, 3.05) is 13.1 Å². The van der Waals surface area contributed by atoms with Gasteiger partial charge < -0.3 is 5.73 Å². The monoisotopic (exact) mass is 253 g/mol. The molecule has 0 amide bonds. The van der Waals surface area contributed by atoms with Crippen LogP contribution in [-0.4, -0.2) is 29.0 Å². The second-order valence-corrected chi connectivity index (χ2v) is 5.37. The first kappa shape index (κ1) is 12.8. The molecule has 0 bridgehead atoms. The molecule has 1 fully saturated rings. The summed E-state index contributed by atoms with van der Waals surface area (Å²) >= 11 is 5.78. The lowest BCUT2D eigenvalue weighted by Crippen LogP contribution is -2.45. The van der Waals surface area contributed by atoms with Gasteiger partial charge in [0.05, 0.1) is 0 Å². The molecular weight excluding hydrogens is 234 g/mol. The first-order valence-electron chi connectivity index (χ1n) is 6.23. The van der Waals surface area contributed by atoms with E-state index in [2.05, 4.69) is 16.8 Å². The van der Waals surface area contributed by atoms with Gasteiger partial charge in [0.2, 0.25) is 0 Å². The zero-order valence-corrected chi connectivity index (χ0v) is 11.0. The van der Waals surface area contributed by atoms with Gasteiger partial charge in [-0.3, -0.25) is 4.90 Å². The fraction of sp³-hybridized carbons (Fsp3) is 0.615. The zero-order valence-electron chi connectivity index (χ0n) is 10.3. The molecule has 2 N–H and O–H groups in total. The first-order valence-corrected chi connectivity index (χ1v) is 6.61. The predicted molar refractivity (Wildman–Crippen MR) is 70.9 cm³/mol. The van der Waals surface area contributed by atoms with Crippen molar-refractivity contribution in [1.82, 2.24) is 9.88 Å². The molecule has 1 aliphatic rings. The van der Waals surface area contributed by atoms with Crippen molar-refractivity contribution in [2.24, 2.45) is 11.7 Å². The Hall–Kier alpha value is -0.640. The molecule has 1 saturated heterocycles. The molecule has 3 nitrogen and oxygen atoms in total. The molecule has 0 spiro atoms. The predicted octanol–water partition coefficient (Wildman–Crippen LogP) is 2.29. The molecule has 2 unspecified atom stereocenters. The van der Waals surface area contributed by atoms with Crippen LogP contribution in [0.25, 0.3) is 0 Å². The molecule has 0 aromatic carbocycles. The molecule has 2 atom stereocenters. The van der Waals surface area contributed by atoms with Gasteiger partial charge in [0.25, 0.3) is 0 Å². The Balaban J connectivity index is 1.99. The minimum Gasteiger partial charge on any atom is -0.329 e. The van der Waals surface area contributed by atoms with Crippen LogP contribution in [0.3, 0.4) is 0 Å². The van der Waals surface area contributed by atoms with Crippen LogP contribution < -0.4 is 5.73 Å². The third-order valence-corrected chi connectivity index (χ3v) is 3.77. The van der Waals surface area contributed by atoms with Crippen LogP contribution in [0.15, 0.2) is 18.3 Å². The van der Waals surface area contributed by atoms with E-state index in [-0.39, 0.29) is 0 Å². The fourth-order valence-corrected chi connectivity index (χ4v) is 2.60. The third-order valence-electron chi connectivity index (χ3n) is 3.55. The maximum atomic E-state index is 5.86. The average Bonchev–Trinajstić information content (AvgIpc) is 2.34. The smallest absolute Gasteiger partial charge is 0.129 e. The van der Waals surface area contributed by atoms with Crippen LogP contribution in [-0.2, 0) is 6.54 Å². The maximum absolute atomic E-state index is 5.86. The standard InChI is InChI=1S/C13H20ClN3/c1-10-4-5-17(12(6-10)7-15)9-11-2-3-13(14)16-8-11/h2-3,8,10,12H,4-7,9,15H2,1H3. The van der Waals surface area contributed by atoms with E-state index < -0.39 is 0 Å². The first-order chi connectivity index (χ1) is 8.19. The molecule has 0 saturated carbocycles. The van der Waals surface area contributed by atoms with Crippen molar-refractivity contribution in [3.63, 3.8) is 0 Å². The van der Waals surface area contributed by atoms with E-state index in [0.717, 1.165) is 25.6 Å². The largest absolute Gasteiger partial charge is 0.329 e. The Bertz CT molecular complexity index is 352. The van der Waals surface area contributed by atoms with Crippen LogP contribution >= 0.6 is 11.6 Å². The van der Waals surface area contributed by atoms with Gasteiger partial charge in [-0.25, -0.2) is 4.98 Å². The fourth-order valence-electron chi connectivity index (χ4n) is 2.49. The third kappa shape index (κ3) is 3.41. The minimum atomic E-state index is 0.509. The zero-order chi connectivity index (χ0) is 12.3. The second-order valence-electron chi connectivity index (χ2n) is 4.98. The number of hydrogen-bond donors (Lipinski definition) is 1. The number of nitrogens with two attached hydrogens (primary N) is 1. The molecule has 0 radical (unpaired) electrons. The summed E-state index contributed by atoms with van der Waals surface area (Å²) in [5, 5.41) is 0.552. The van der Waals surface area contributed by atoms with Crippen molar-refractivity contribution >= 4 is 11.6 Å². The Morgan fingerprint density at radius 2 is 2.35 bits per heavy atom. The topological polar surface area (TPSA) is 42.2 Å². The average molecular weight is 254 g/mol. The number of halogens is 1. The van der Waals surface area contributed by atoms with Crippen LogP contribution in [0, 0.1) is 5.92 Å². The van der Waals surface area contributed by atoms with Crippen molar-refractivity contribution in [2.45, 2.75) is 32.4 Å². The van der Waals surface area contributed by atoms with E-state index in [0.29, 0.717) is 11.2 Å². The normalized spacial score (nSPS) is 26.1. The summed E-state index contributed by atoms with van der Waals surface area (Å²) in [6, 6.07) is 4.40. The maximum Gasteiger partial charge on any atom is 0.129 e. The van der Waals surface area contributed by atoms with Gasteiger partial charge in [-0.15, -0.1) is 0 Å². The quantitative estimate of drug-likeness (QED) is 0.841. The van der Waals surface area contributed by atoms with Crippen molar-refractivity contribution in [3.8, 4) is 0 Å². The van der Waals surface area contributed by atoms with E-state index in [9.17, 15) is 0 Å². The molecular formula is C13H20ClN3. The summed E-state index contributed by atoms with van der Waals surface area (Å²) in [5.74, 6) is 0.795. The van der Waals surface area contributed by atoms with Gasteiger partial charge in [-0.05, 0) is 36.9 Å². The number of pyridine rings is 1. The van der Waals surface area contributed by atoms with E-state index in [1.165, 1.54) is 18.4 Å². The summed E-state index contributed by atoms with van der Waals surface area (Å²) < 4.78 is 0. The highest BCUT2D eigenvalue weighted by atomic mass is 35.5. The van der Waals surface area contributed by atoms with Crippen LogP contribution in [0.1, 0.15) is 25.3 Å². The number of hydrogen-bond acceptors (Lipinski definition) is 3. The Morgan fingerprint density at radius 1 is 1.53 bits per heavy atom. The Kier molecular flexibility index (Phi) is 4.37. The molecule has 1 aliphatic heterocycles. The van der Waals surface area contributed by atoms with Crippen LogP contribution in [0.4, 0.5) is 0 Å². The SMILES string of the molecule is CC1CCN(Cc2ccc(Cl)nc2)C(CN)C1. The van der Waals surface area contributed by atoms with Gasteiger partial charge in [0, 0.05) is 25.3 Å². The van der Waals surface area contributed by atoms with Crippen LogP contribution in [0.5, 0.6) is 0 Å². The summed E-state index contributed by atoms with van der Waals surface area (Å²) in [6.07, 6.45) is 4.32. The molecule has 4 heteroatoms. The highest BCUT2D eigenvalue weighted by molar-refractivity contribution is 6.29. The van der Waals surface area contributed by atoms with Crippen molar-refractivity contribution < 1.29 is 0 Å². The summed E-state index contributed by atoms with van der Waals surface area (Å²) in [6.45, 7) is 5.11. The lowest BCUT2D eigenvalue weighted by Gasteiger charge is -2.37. The lowest BCUT2D eigenvalue weighted by atomic mass is 9.92.